The van der Waals surface area contributed by atoms with E-state index in [9.17, 15) is 9.59 Å². The highest BCUT2D eigenvalue weighted by Gasteiger charge is 2.29. The third kappa shape index (κ3) is 15.7. The number of aliphatic hydroxyl groups is 2. The predicted molar refractivity (Wildman–Crippen MR) is 263 cm³/mol. The first kappa shape index (κ1) is 50.7. The van der Waals surface area contributed by atoms with Crippen LogP contribution in [0.1, 0.15) is 75.6 Å². The van der Waals surface area contributed by atoms with Gasteiger partial charge in [-0.05, 0) is 91.6 Å². The lowest BCUT2D eigenvalue weighted by Crippen LogP contribution is -2.47. The largest absolute Gasteiger partial charge is 0.396 e. The molecule has 0 spiro atoms. The zero-order valence-corrected chi connectivity index (χ0v) is 38.6. The van der Waals surface area contributed by atoms with Gasteiger partial charge in [0, 0.05) is 106 Å². The van der Waals surface area contributed by atoms with Gasteiger partial charge in [0.1, 0.15) is 0 Å². The van der Waals surface area contributed by atoms with E-state index in [2.05, 4.69) is 60.3 Å². The normalized spacial score (nSPS) is 14.3. The highest BCUT2D eigenvalue weighted by molar-refractivity contribution is 5.94. The molecule has 0 bridgehead atoms. The number of terminal acetylenes is 1. The summed E-state index contributed by atoms with van der Waals surface area (Å²) in [6, 6.07) is 36.8. The fourth-order valence-electron chi connectivity index (χ4n) is 8.33. The van der Waals surface area contributed by atoms with Gasteiger partial charge in [0.05, 0.1) is 24.2 Å². The Labute approximate surface area is 390 Å². The molecule has 2 aliphatic rings. The molecule has 0 aliphatic carbocycles. The smallest absolute Gasteiger partial charge is 0.226 e. The fourth-order valence-corrected chi connectivity index (χ4v) is 8.33. The van der Waals surface area contributed by atoms with E-state index in [0.29, 0.717) is 31.4 Å². The van der Waals surface area contributed by atoms with Gasteiger partial charge >= 0.3 is 0 Å². The molecule has 0 saturated carbocycles. The molecule has 66 heavy (non-hydrogen) atoms. The van der Waals surface area contributed by atoms with Gasteiger partial charge in [0.2, 0.25) is 11.8 Å². The number of nitrogens with zero attached hydrogens (tertiary/aromatic N) is 10. The SMILES string of the molecule is C#CCCO.CCC(=O)N(c1ccccc1)C1CCN(CCc2ccc(-n3cc(CCO)nn3)cc2)CC1.CCC(=O)N(c1ccccc1)C1CCN(CCc2ccc(N=[N+]=[N-])cc2)CC1. The number of azide groups is 1. The fraction of sp³-hybridized carbons (Fsp3) is 0.423. The Balaban J connectivity index is 0.000000227. The van der Waals surface area contributed by atoms with Crippen LogP contribution in [0.3, 0.4) is 0 Å². The second-order valence-corrected chi connectivity index (χ2v) is 16.4. The number of aliphatic hydroxyl groups excluding tert-OH is 2. The van der Waals surface area contributed by atoms with E-state index in [0.717, 1.165) is 101 Å². The summed E-state index contributed by atoms with van der Waals surface area (Å²) >= 11 is 0. The molecular weight excluding hydrogens is 829 g/mol. The van der Waals surface area contributed by atoms with E-state index in [4.69, 9.17) is 22.2 Å². The Kier molecular flexibility index (Phi) is 21.4. The van der Waals surface area contributed by atoms with Crippen LogP contribution in [0.5, 0.6) is 0 Å². The predicted octanol–water partition coefficient (Wildman–Crippen LogP) is 8.33. The molecule has 7 rings (SSSR count). The van der Waals surface area contributed by atoms with Crippen LogP contribution in [-0.2, 0) is 28.9 Å². The molecule has 0 atom stereocenters. The minimum absolute atomic E-state index is 0.0775. The van der Waals surface area contributed by atoms with Crippen molar-refractivity contribution in [3.05, 3.63) is 143 Å². The maximum Gasteiger partial charge on any atom is 0.226 e. The lowest BCUT2D eigenvalue weighted by molar-refractivity contribution is -0.119. The first-order chi connectivity index (χ1) is 32.3. The summed E-state index contributed by atoms with van der Waals surface area (Å²) in [5.74, 6) is 2.67. The molecule has 2 saturated heterocycles. The number of likely N-dealkylation sites (tertiary alicyclic amines) is 2. The summed E-state index contributed by atoms with van der Waals surface area (Å²) in [4.78, 5) is 37.0. The van der Waals surface area contributed by atoms with E-state index < -0.39 is 0 Å². The molecule has 5 aromatic rings. The molecule has 14 heteroatoms. The molecular formula is C52H66N10O4. The summed E-state index contributed by atoms with van der Waals surface area (Å²) in [6.45, 7) is 10.1. The van der Waals surface area contributed by atoms with Crippen LogP contribution in [0.4, 0.5) is 17.1 Å². The van der Waals surface area contributed by atoms with Crippen LogP contribution in [-0.4, -0.2) is 111 Å². The summed E-state index contributed by atoms with van der Waals surface area (Å²) in [6.07, 6.45) is 14.6. The summed E-state index contributed by atoms with van der Waals surface area (Å²) in [7, 11) is 0. The van der Waals surface area contributed by atoms with E-state index in [1.807, 2.05) is 115 Å². The number of amides is 2. The van der Waals surface area contributed by atoms with Crippen molar-refractivity contribution in [3.8, 4) is 18.0 Å². The van der Waals surface area contributed by atoms with Crippen molar-refractivity contribution in [3.63, 3.8) is 0 Å². The zero-order valence-electron chi connectivity index (χ0n) is 38.6. The Bertz CT molecular complexity index is 2260. The van der Waals surface area contributed by atoms with Gasteiger partial charge in [0.15, 0.2) is 0 Å². The van der Waals surface area contributed by atoms with Crippen molar-refractivity contribution in [2.75, 3.05) is 62.3 Å². The molecule has 0 radical (unpaired) electrons. The summed E-state index contributed by atoms with van der Waals surface area (Å²) in [5, 5.41) is 28.8. The molecule has 14 nitrogen and oxygen atoms in total. The number of piperidine rings is 2. The van der Waals surface area contributed by atoms with Gasteiger partial charge in [-0.15, -0.1) is 17.4 Å². The van der Waals surface area contributed by atoms with Crippen LogP contribution in [0.2, 0.25) is 0 Å². The van der Waals surface area contributed by atoms with Crippen LogP contribution in [0, 0.1) is 12.3 Å². The number of aromatic nitrogens is 3. The van der Waals surface area contributed by atoms with Crippen molar-refractivity contribution in [2.45, 2.75) is 90.1 Å². The van der Waals surface area contributed by atoms with Crippen LogP contribution < -0.4 is 9.80 Å². The van der Waals surface area contributed by atoms with Crippen LogP contribution >= 0.6 is 0 Å². The van der Waals surface area contributed by atoms with E-state index in [1.165, 1.54) is 11.1 Å². The van der Waals surface area contributed by atoms with E-state index in [1.54, 1.807) is 4.68 Å². The van der Waals surface area contributed by atoms with E-state index in [-0.39, 0.29) is 37.1 Å². The Hall–Kier alpha value is -6.33. The second kappa shape index (κ2) is 27.9. The lowest BCUT2D eigenvalue weighted by atomic mass is 10.0. The zero-order chi connectivity index (χ0) is 46.9. The topological polar surface area (TPSA) is 167 Å². The number of hydrogen-bond acceptors (Lipinski definition) is 9. The van der Waals surface area contributed by atoms with E-state index >= 15 is 0 Å². The average Bonchev–Trinajstić information content (AvgIpc) is 3.84. The first-order valence-electron chi connectivity index (χ1n) is 23.3. The highest BCUT2D eigenvalue weighted by atomic mass is 16.3. The molecule has 2 aliphatic heterocycles. The van der Waals surface area contributed by atoms with Crippen LogP contribution in [0.15, 0.2) is 121 Å². The molecule has 348 valence electrons. The summed E-state index contributed by atoms with van der Waals surface area (Å²) in [5.41, 5.74) is 15.4. The summed E-state index contributed by atoms with van der Waals surface area (Å²) < 4.78 is 1.75. The molecule has 0 unspecified atom stereocenters. The van der Waals surface area contributed by atoms with Gasteiger partial charge in [-0.1, -0.05) is 97.0 Å². The molecule has 1 aromatic heterocycles. The van der Waals surface area contributed by atoms with Crippen LogP contribution in [0.25, 0.3) is 16.1 Å². The van der Waals surface area contributed by atoms with Crippen molar-refractivity contribution in [1.29, 1.82) is 0 Å². The second-order valence-electron chi connectivity index (χ2n) is 16.4. The minimum Gasteiger partial charge on any atom is -0.396 e. The standard InChI is InChI=1S/C26H33N5O2.C22H27N5O.C4H6O/c1-2-26(33)31(24-6-4-3-5-7-24)25-13-17-29(18-14-25)16-12-21-8-10-23(11-9-21)30-20-22(15-19-32)27-28-30;1-2-22(28)27(20-6-4-3-5-7-20)21-13-16-26(17-14-21)15-12-18-8-10-19(11-9-18)24-25-23;1-2-3-4-5/h3-11,20,25,32H,2,12-19H2,1H3;3-11,21H,2,12-17H2,1H3;1,5H,3-4H2. The number of anilines is 2. The molecule has 2 fully saturated rings. The van der Waals surface area contributed by atoms with Crippen molar-refractivity contribution in [2.24, 2.45) is 5.11 Å². The number of benzene rings is 4. The van der Waals surface area contributed by atoms with Crippen molar-refractivity contribution in [1.82, 2.24) is 24.8 Å². The lowest BCUT2D eigenvalue weighted by Gasteiger charge is -2.38. The Morgan fingerprint density at radius 3 is 1.58 bits per heavy atom. The van der Waals surface area contributed by atoms with Gasteiger partial charge in [0.25, 0.3) is 0 Å². The Morgan fingerprint density at radius 1 is 0.712 bits per heavy atom. The molecule has 3 heterocycles. The Morgan fingerprint density at radius 2 is 1.18 bits per heavy atom. The maximum absolute atomic E-state index is 12.7. The van der Waals surface area contributed by atoms with Gasteiger partial charge in [-0.3, -0.25) is 9.59 Å². The number of para-hydroxylation sites is 2. The maximum atomic E-state index is 12.7. The minimum atomic E-state index is 0.0775. The third-order valence-electron chi connectivity index (χ3n) is 12.0. The number of rotatable bonds is 17. The van der Waals surface area contributed by atoms with Gasteiger partial charge in [-0.25, -0.2) is 4.68 Å². The average molecular weight is 895 g/mol. The number of carbonyl (C=O) groups excluding carboxylic acids is 2. The number of hydrogen-bond donors (Lipinski definition) is 2. The number of carbonyl (C=O) groups is 2. The first-order valence-corrected chi connectivity index (χ1v) is 23.3. The molecule has 4 aromatic carbocycles. The van der Waals surface area contributed by atoms with Gasteiger partial charge in [-0.2, -0.15) is 0 Å². The van der Waals surface area contributed by atoms with Crippen molar-refractivity contribution >= 4 is 28.9 Å². The highest BCUT2D eigenvalue weighted by Crippen LogP contribution is 2.27. The quantitative estimate of drug-likeness (QED) is 0.0407. The monoisotopic (exact) mass is 895 g/mol. The molecule has 2 N–H and O–H groups in total. The van der Waals surface area contributed by atoms with Crippen molar-refractivity contribution < 1.29 is 19.8 Å². The third-order valence-corrected chi connectivity index (χ3v) is 12.0. The van der Waals surface area contributed by atoms with Gasteiger partial charge < -0.3 is 29.8 Å². The molecule has 2 amide bonds.